The Morgan fingerprint density at radius 2 is 2.16 bits per heavy atom. The van der Waals surface area contributed by atoms with Crippen molar-refractivity contribution in [1.82, 2.24) is 14.9 Å². The standard InChI is InChI=1S/C11H19N3O4S/c1-17-7-10-13-11(18-14-10)6-12-19(15,16)8-9-4-2-3-5-9/h9,12H,2-8H2,1H3. The maximum absolute atomic E-state index is 11.9. The normalized spacial score (nSPS) is 17.1. The smallest absolute Gasteiger partial charge is 0.241 e. The second-order valence-corrected chi connectivity index (χ2v) is 6.64. The van der Waals surface area contributed by atoms with E-state index < -0.39 is 10.0 Å². The molecule has 1 aliphatic rings. The third-order valence-corrected chi connectivity index (χ3v) is 4.65. The van der Waals surface area contributed by atoms with Crippen molar-refractivity contribution in [3.63, 3.8) is 0 Å². The lowest BCUT2D eigenvalue weighted by Crippen LogP contribution is -2.29. The van der Waals surface area contributed by atoms with Crippen molar-refractivity contribution in [2.45, 2.75) is 38.8 Å². The van der Waals surface area contributed by atoms with Crippen molar-refractivity contribution >= 4 is 10.0 Å². The predicted octanol–water partition coefficient (Wildman–Crippen LogP) is 0.826. The van der Waals surface area contributed by atoms with Crippen molar-refractivity contribution < 1.29 is 17.7 Å². The molecule has 8 heteroatoms. The minimum atomic E-state index is -3.28. The predicted molar refractivity (Wildman–Crippen MR) is 67.6 cm³/mol. The van der Waals surface area contributed by atoms with E-state index in [2.05, 4.69) is 14.9 Å². The second-order valence-electron chi connectivity index (χ2n) is 4.79. The molecule has 108 valence electrons. The highest BCUT2D eigenvalue weighted by molar-refractivity contribution is 7.89. The molecule has 1 aliphatic carbocycles. The molecule has 1 aromatic heterocycles. The summed E-state index contributed by atoms with van der Waals surface area (Å²) in [7, 11) is -1.75. The Labute approximate surface area is 112 Å². The molecule has 0 saturated heterocycles. The molecule has 0 bridgehead atoms. The first-order chi connectivity index (χ1) is 9.09. The summed E-state index contributed by atoms with van der Waals surface area (Å²) in [4.78, 5) is 4.01. The summed E-state index contributed by atoms with van der Waals surface area (Å²) < 4.78 is 36.0. The number of sulfonamides is 1. The van der Waals surface area contributed by atoms with E-state index in [0.717, 1.165) is 25.7 Å². The first-order valence-corrected chi connectivity index (χ1v) is 8.02. The molecule has 0 atom stereocenters. The van der Waals surface area contributed by atoms with Crippen LogP contribution in [0.15, 0.2) is 4.52 Å². The molecule has 19 heavy (non-hydrogen) atoms. The molecule has 1 aromatic rings. The van der Waals surface area contributed by atoms with E-state index in [1.54, 1.807) is 0 Å². The number of aromatic nitrogens is 2. The van der Waals surface area contributed by atoms with Crippen molar-refractivity contribution in [2.75, 3.05) is 12.9 Å². The van der Waals surface area contributed by atoms with Crippen LogP contribution in [0.25, 0.3) is 0 Å². The van der Waals surface area contributed by atoms with Gasteiger partial charge < -0.3 is 9.26 Å². The summed E-state index contributed by atoms with van der Waals surface area (Å²) in [5, 5.41) is 3.66. The Kier molecular flexibility index (Phi) is 4.89. The molecular formula is C11H19N3O4S. The van der Waals surface area contributed by atoms with E-state index in [-0.39, 0.29) is 30.7 Å². The lowest BCUT2D eigenvalue weighted by atomic mass is 10.1. The minimum absolute atomic E-state index is 0.0335. The maximum atomic E-state index is 11.9. The summed E-state index contributed by atoms with van der Waals surface area (Å²) in [5.41, 5.74) is 0. The van der Waals surface area contributed by atoms with Crippen LogP contribution in [0.4, 0.5) is 0 Å². The Morgan fingerprint density at radius 1 is 1.42 bits per heavy atom. The van der Waals surface area contributed by atoms with Crippen LogP contribution in [0.2, 0.25) is 0 Å². The van der Waals surface area contributed by atoms with Crippen molar-refractivity contribution in [1.29, 1.82) is 0 Å². The van der Waals surface area contributed by atoms with Crippen molar-refractivity contribution in [2.24, 2.45) is 5.92 Å². The van der Waals surface area contributed by atoms with Gasteiger partial charge in [-0.25, -0.2) is 13.1 Å². The van der Waals surface area contributed by atoms with Gasteiger partial charge in [0.2, 0.25) is 15.9 Å². The average molecular weight is 289 g/mol. The number of hydrogen-bond donors (Lipinski definition) is 1. The molecule has 2 rings (SSSR count). The van der Waals surface area contributed by atoms with E-state index >= 15 is 0 Å². The highest BCUT2D eigenvalue weighted by atomic mass is 32.2. The largest absolute Gasteiger partial charge is 0.377 e. The van der Waals surface area contributed by atoms with Gasteiger partial charge >= 0.3 is 0 Å². The van der Waals surface area contributed by atoms with E-state index in [4.69, 9.17) is 9.26 Å². The Bertz CT molecular complexity index is 494. The highest BCUT2D eigenvalue weighted by Gasteiger charge is 2.22. The summed E-state index contributed by atoms with van der Waals surface area (Å²) in [6.45, 7) is 0.282. The lowest BCUT2D eigenvalue weighted by molar-refractivity contribution is 0.174. The van der Waals surface area contributed by atoms with Gasteiger partial charge in [0, 0.05) is 7.11 Å². The van der Waals surface area contributed by atoms with Gasteiger partial charge in [-0.3, -0.25) is 0 Å². The summed E-state index contributed by atoms with van der Waals surface area (Å²) in [6.07, 6.45) is 4.26. The number of nitrogens with zero attached hydrogens (tertiary/aromatic N) is 2. The van der Waals surface area contributed by atoms with E-state index in [1.165, 1.54) is 7.11 Å². The molecule has 0 unspecified atom stereocenters. The van der Waals surface area contributed by atoms with Gasteiger partial charge in [-0.05, 0) is 18.8 Å². The monoisotopic (exact) mass is 289 g/mol. The van der Waals surface area contributed by atoms with Crippen LogP contribution in [0.5, 0.6) is 0 Å². The molecule has 0 radical (unpaired) electrons. The summed E-state index contributed by atoms with van der Waals surface area (Å²) in [5.74, 6) is 1.13. The van der Waals surface area contributed by atoms with E-state index in [1.807, 2.05) is 0 Å². The van der Waals surface area contributed by atoms with Crippen LogP contribution in [-0.2, 0) is 27.9 Å². The van der Waals surface area contributed by atoms with Gasteiger partial charge in [-0.15, -0.1) is 0 Å². The fourth-order valence-electron chi connectivity index (χ4n) is 2.27. The third-order valence-electron chi connectivity index (χ3n) is 3.16. The Hall–Kier alpha value is -0.990. The number of rotatable bonds is 7. The molecule has 0 spiro atoms. The maximum Gasteiger partial charge on any atom is 0.241 e. The zero-order valence-electron chi connectivity index (χ0n) is 11.0. The molecule has 1 fully saturated rings. The SMILES string of the molecule is COCc1noc(CNS(=O)(=O)CC2CCCC2)n1. The second kappa shape index (κ2) is 6.44. The van der Waals surface area contributed by atoms with Gasteiger partial charge in [0.15, 0.2) is 5.82 Å². The van der Waals surface area contributed by atoms with Crippen LogP contribution in [-0.4, -0.2) is 31.4 Å². The van der Waals surface area contributed by atoms with Crippen molar-refractivity contribution in [3.8, 4) is 0 Å². The van der Waals surface area contributed by atoms with E-state index in [0.29, 0.717) is 5.82 Å². The topological polar surface area (TPSA) is 94.3 Å². The highest BCUT2D eigenvalue weighted by Crippen LogP contribution is 2.25. The zero-order chi connectivity index (χ0) is 13.7. The number of hydrogen-bond acceptors (Lipinski definition) is 6. The van der Waals surface area contributed by atoms with Gasteiger partial charge in [0.25, 0.3) is 0 Å². The van der Waals surface area contributed by atoms with Gasteiger partial charge in [0.05, 0.1) is 12.3 Å². The molecule has 7 nitrogen and oxygen atoms in total. The first kappa shape index (κ1) is 14.4. The fourth-order valence-corrected chi connectivity index (χ4v) is 3.68. The quantitative estimate of drug-likeness (QED) is 0.798. The Balaban J connectivity index is 1.82. The fraction of sp³-hybridized carbons (Fsp3) is 0.818. The van der Waals surface area contributed by atoms with Crippen LogP contribution in [0.3, 0.4) is 0 Å². The lowest BCUT2D eigenvalue weighted by Gasteiger charge is -2.09. The third kappa shape index (κ3) is 4.55. The molecule has 0 aliphatic heterocycles. The number of ether oxygens (including phenoxy) is 1. The van der Waals surface area contributed by atoms with Gasteiger partial charge in [-0.1, -0.05) is 18.0 Å². The summed E-state index contributed by atoms with van der Waals surface area (Å²) >= 11 is 0. The summed E-state index contributed by atoms with van der Waals surface area (Å²) in [6, 6.07) is 0. The number of nitrogens with one attached hydrogen (secondary N) is 1. The van der Waals surface area contributed by atoms with Gasteiger partial charge in [0.1, 0.15) is 6.61 Å². The molecule has 1 heterocycles. The van der Waals surface area contributed by atoms with Crippen LogP contribution < -0.4 is 4.72 Å². The molecule has 0 aromatic carbocycles. The minimum Gasteiger partial charge on any atom is -0.377 e. The molecule has 1 N–H and O–H groups in total. The van der Waals surface area contributed by atoms with Crippen molar-refractivity contribution in [3.05, 3.63) is 11.7 Å². The number of methoxy groups -OCH3 is 1. The molecule has 0 amide bonds. The van der Waals surface area contributed by atoms with Crippen LogP contribution in [0, 0.1) is 5.92 Å². The van der Waals surface area contributed by atoms with Crippen LogP contribution >= 0.6 is 0 Å². The first-order valence-electron chi connectivity index (χ1n) is 6.37. The zero-order valence-corrected chi connectivity index (χ0v) is 11.8. The Morgan fingerprint density at radius 3 is 2.84 bits per heavy atom. The molecular weight excluding hydrogens is 270 g/mol. The van der Waals surface area contributed by atoms with Gasteiger partial charge in [-0.2, -0.15) is 4.98 Å². The molecule has 1 saturated carbocycles. The van der Waals surface area contributed by atoms with E-state index in [9.17, 15) is 8.42 Å². The average Bonchev–Trinajstić information content (AvgIpc) is 2.98. The van der Waals surface area contributed by atoms with Crippen LogP contribution in [0.1, 0.15) is 37.4 Å².